The van der Waals surface area contributed by atoms with Crippen LogP contribution in [-0.4, -0.2) is 33.2 Å². The summed E-state index contributed by atoms with van der Waals surface area (Å²) in [5.74, 6) is 1.60. The molecule has 1 aromatic carbocycles. The topological polar surface area (TPSA) is 44.8 Å². The number of carbonyl (C=O) groups is 1. The summed E-state index contributed by atoms with van der Waals surface area (Å²) in [4.78, 5) is 11.7. The van der Waals surface area contributed by atoms with Crippen molar-refractivity contribution in [3.63, 3.8) is 0 Å². The summed E-state index contributed by atoms with van der Waals surface area (Å²) >= 11 is 0. The molecular weight excluding hydrogens is 268 g/mol. The van der Waals surface area contributed by atoms with E-state index in [0.29, 0.717) is 31.1 Å². The molecule has 0 aliphatic carbocycles. The van der Waals surface area contributed by atoms with Crippen molar-refractivity contribution in [2.45, 2.75) is 33.6 Å². The first kappa shape index (κ1) is 17.5. The van der Waals surface area contributed by atoms with Gasteiger partial charge in [0.1, 0.15) is 5.78 Å². The highest BCUT2D eigenvalue weighted by Crippen LogP contribution is 2.31. The van der Waals surface area contributed by atoms with E-state index in [4.69, 9.17) is 14.2 Å². The fraction of sp³-hybridized carbons (Fsp3) is 0.588. The maximum atomic E-state index is 11.7. The van der Waals surface area contributed by atoms with E-state index in [9.17, 15) is 4.79 Å². The van der Waals surface area contributed by atoms with Crippen LogP contribution in [0.15, 0.2) is 18.2 Å². The number of carbonyl (C=O) groups excluding carboxylic acids is 1. The minimum Gasteiger partial charge on any atom is -0.493 e. The van der Waals surface area contributed by atoms with Gasteiger partial charge >= 0.3 is 0 Å². The van der Waals surface area contributed by atoms with Crippen LogP contribution in [0.5, 0.6) is 11.5 Å². The molecule has 0 amide bonds. The van der Waals surface area contributed by atoms with Gasteiger partial charge in [-0.1, -0.05) is 19.9 Å². The van der Waals surface area contributed by atoms with Crippen LogP contribution in [0, 0.1) is 5.41 Å². The summed E-state index contributed by atoms with van der Waals surface area (Å²) in [6.07, 6.45) is 1.50. The van der Waals surface area contributed by atoms with E-state index in [1.807, 2.05) is 32.0 Å². The molecule has 1 rings (SSSR count). The van der Waals surface area contributed by atoms with E-state index < -0.39 is 0 Å². The monoisotopic (exact) mass is 294 g/mol. The lowest BCUT2D eigenvalue weighted by molar-refractivity contribution is -0.124. The van der Waals surface area contributed by atoms with Gasteiger partial charge in [-0.25, -0.2) is 0 Å². The Morgan fingerprint density at radius 1 is 1.14 bits per heavy atom. The van der Waals surface area contributed by atoms with Crippen LogP contribution in [-0.2, 0) is 16.0 Å². The maximum Gasteiger partial charge on any atom is 0.161 e. The molecule has 0 saturated heterocycles. The summed E-state index contributed by atoms with van der Waals surface area (Å²) in [5, 5.41) is 0. The van der Waals surface area contributed by atoms with Crippen LogP contribution in [0.4, 0.5) is 0 Å². The second-order valence-corrected chi connectivity index (χ2v) is 5.80. The lowest BCUT2D eigenvalue weighted by Gasteiger charge is -2.21. The van der Waals surface area contributed by atoms with Crippen LogP contribution in [0.25, 0.3) is 0 Å². The number of benzene rings is 1. The van der Waals surface area contributed by atoms with Crippen molar-refractivity contribution in [2.24, 2.45) is 5.41 Å². The number of hydrogen-bond acceptors (Lipinski definition) is 4. The third-order valence-corrected chi connectivity index (χ3v) is 3.58. The van der Waals surface area contributed by atoms with Gasteiger partial charge in [0.2, 0.25) is 0 Å². The van der Waals surface area contributed by atoms with Gasteiger partial charge < -0.3 is 14.2 Å². The highest BCUT2D eigenvalue weighted by atomic mass is 16.5. The van der Waals surface area contributed by atoms with Crippen LogP contribution in [0.2, 0.25) is 0 Å². The SMILES string of the molecule is COCCCOc1cc(CC(C)(C)C(C)=O)ccc1OC. The minimum atomic E-state index is -0.373. The smallest absolute Gasteiger partial charge is 0.161 e. The van der Waals surface area contributed by atoms with Crippen molar-refractivity contribution in [1.82, 2.24) is 0 Å². The van der Waals surface area contributed by atoms with Gasteiger partial charge in [-0.05, 0) is 31.0 Å². The quantitative estimate of drug-likeness (QED) is 0.656. The predicted octanol–water partition coefficient (Wildman–Crippen LogP) is 3.27. The molecule has 0 N–H and O–H groups in total. The van der Waals surface area contributed by atoms with Crippen LogP contribution in [0.1, 0.15) is 32.8 Å². The molecule has 0 atom stereocenters. The summed E-state index contributed by atoms with van der Waals surface area (Å²) in [7, 11) is 3.29. The normalized spacial score (nSPS) is 11.3. The Bertz CT molecular complexity index is 466. The molecule has 0 radical (unpaired) electrons. The molecule has 0 spiro atoms. The number of ether oxygens (including phenoxy) is 3. The molecule has 0 saturated carbocycles. The van der Waals surface area contributed by atoms with Crippen molar-refractivity contribution in [1.29, 1.82) is 0 Å². The number of rotatable bonds is 9. The minimum absolute atomic E-state index is 0.181. The summed E-state index contributed by atoms with van der Waals surface area (Å²) in [6.45, 7) is 6.78. The molecule has 0 fully saturated rings. The Hall–Kier alpha value is -1.55. The van der Waals surface area contributed by atoms with Gasteiger partial charge in [0.05, 0.1) is 13.7 Å². The number of ketones is 1. The van der Waals surface area contributed by atoms with Crippen LogP contribution >= 0.6 is 0 Å². The van der Waals surface area contributed by atoms with Gasteiger partial charge in [-0.15, -0.1) is 0 Å². The molecule has 118 valence electrons. The van der Waals surface area contributed by atoms with Crippen LogP contribution < -0.4 is 9.47 Å². The van der Waals surface area contributed by atoms with E-state index in [1.165, 1.54) is 0 Å². The van der Waals surface area contributed by atoms with Gasteiger partial charge in [0.25, 0.3) is 0 Å². The van der Waals surface area contributed by atoms with Crippen LogP contribution in [0.3, 0.4) is 0 Å². The lowest BCUT2D eigenvalue weighted by atomic mass is 9.82. The zero-order valence-electron chi connectivity index (χ0n) is 13.7. The van der Waals surface area contributed by atoms with Crippen molar-refractivity contribution in [3.05, 3.63) is 23.8 Å². The molecule has 4 nitrogen and oxygen atoms in total. The molecule has 0 aliphatic heterocycles. The second-order valence-electron chi connectivity index (χ2n) is 5.80. The van der Waals surface area contributed by atoms with E-state index in [-0.39, 0.29) is 11.2 Å². The van der Waals surface area contributed by atoms with Crippen molar-refractivity contribution < 1.29 is 19.0 Å². The molecule has 0 bridgehead atoms. The molecular formula is C17H26O4. The first-order valence-corrected chi connectivity index (χ1v) is 7.20. The first-order chi connectivity index (χ1) is 9.90. The van der Waals surface area contributed by atoms with E-state index in [0.717, 1.165) is 12.0 Å². The molecule has 0 heterocycles. The zero-order chi connectivity index (χ0) is 15.9. The zero-order valence-corrected chi connectivity index (χ0v) is 13.7. The Kier molecular flexibility index (Phi) is 6.69. The Balaban J connectivity index is 2.81. The van der Waals surface area contributed by atoms with E-state index in [1.54, 1.807) is 21.1 Å². The van der Waals surface area contributed by atoms with Gasteiger partial charge in [0, 0.05) is 25.6 Å². The summed E-state index contributed by atoms with van der Waals surface area (Å²) in [5.41, 5.74) is 0.694. The predicted molar refractivity (Wildman–Crippen MR) is 83.1 cm³/mol. The Labute approximate surface area is 127 Å². The Morgan fingerprint density at radius 2 is 1.86 bits per heavy atom. The number of methoxy groups -OCH3 is 2. The molecule has 1 aromatic rings. The van der Waals surface area contributed by atoms with Gasteiger partial charge in [-0.3, -0.25) is 4.79 Å². The highest BCUT2D eigenvalue weighted by molar-refractivity contribution is 5.81. The number of Topliss-reactive ketones (excluding diaryl/α,β-unsaturated/α-hetero) is 1. The molecule has 0 aromatic heterocycles. The third kappa shape index (κ3) is 5.38. The second kappa shape index (κ2) is 8.03. The fourth-order valence-electron chi connectivity index (χ4n) is 1.96. The summed E-state index contributed by atoms with van der Waals surface area (Å²) in [6, 6.07) is 5.82. The fourth-order valence-corrected chi connectivity index (χ4v) is 1.96. The highest BCUT2D eigenvalue weighted by Gasteiger charge is 2.24. The standard InChI is InChI=1S/C17H26O4/c1-13(18)17(2,3)12-14-7-8-15(20-5)16(11-14)21-10-6-9-19-4/h7-8,11H,6,9-10,12H2,1-5H3. The average Bonchev–Trinajstić information content (AvgIpc) is 2.43. The Morgan fingerprint density at radius 3 is 2.43 bits per heavy atom. The average molecular weight is 294 g/mol. The molecule has 0 aliphatic rings. The molecule has 4 heteroatoms. The molecule has 21 heavy (non-hydrogen) atoms. The lowest BCUT2D eigenvalue weighted by Crippen LogP contribution is -2.24. The van der Waals surface area contributed by atoms with Crippen molar-refractivity contribution in [2.75, 3.05) is 27.4 Å². The molecule has 0 unspecified atom stereocenters. The first-order valence-electron chi connectivity index (χ1n) is 7.20. The number of hydrogen-bond donors (Lipinski definition) is 0. The van der Waals surface area contributed by atoms with E-state index >= 15 is 0 Å². The largest absolute Gasteiger partial charge is 0.493 e. The van der Waals surface area contributed by atoms with Gasteiger partial charge in [0.15, 0.2) is 11.5 Å². The maximum absolute atomic E-state index is 11.7. The summed E-state index contributed by atoms with van der Waals surface area (Å²) < 4.78 is 16.1. The van der Waals surface area contributed by atoms with Gasteiger partial charge in [-0.2, -0.15) is 0 Å². The van der Waals surface area contributed by atoms with Crippen molar-refractivity contribution in [3.8, 4) is 11.5 Å². The van der Waals surface area contributed by atoms with E-state index in [2.05, 4.69) is 0 Å². The van der Waals surface area contributed by atoms with Crippen molar-refractivity contribution >= 4 is 5.78 Å². The third-order valence-electron chi connectivity index (χ3n) is 3.58.